The summed E-state index contributed by atoms with van der Waals surface area (Å²) in [7, 11) is 0. The van der Waals surface area contributed by atoms with Gasteiger partial charge in [0.2, 0.25) is 17.6 Å². The molecule has 1 aromatic carbocycles. The molecule has 1 amide bonds. The number of carbonyl (C=O) groups is 3. The van der Waals surface area contributed by atoms with Gasteiger partial charge in [-0.2, -0.15) is 4.98 Å². The van der Waals surface area contributed by atoms with Crippen molar-refractivity contribution in [3.05, 3.63) is 52.7 Å². The van der Waals surface area contributed by atoms with E-state index in [0.717, 1.165) is 10.4 Å². The van der Waals surface area contributed by atoms with Crippen LogP contribution in [0.25, 0.3) is 10.7 Å². The van der Waals surface area contributed by atoms with Crippen molar-refractivity contribution in [1.29, 1.82) is 0 Å². The lowest BCUT2D eigenvalue weighted by Crippen LogP contribution is -2.15. The number of fused-ring (bicyclic) bond motifs is 1. The molecule has 148 valence electrons. The molecule has 0 aliphatic carbocycles. The van der Waals surface area contributed by atoms with Crippen LogP contribution in [0.3, 0.4) is 0 Å². The van der Waals surface area contributed by atoms with Gasteiger partial charge in [-0.15, -0.1) is 11.3 Å². The average molecular weight is 411 g/mol. The van der Waals surface area contributed by atoms with Crippen LogP contribution in [0.15, 0.2) is 40.2 Å². The van der Waals surface area contributed by atoms with Gasteiger partial charge in [0.05, 0.1) is 17.2 Å². The van der Waals surface area contributed by atoms with Crippen LogP contribution in [0, 0.1) is 0 Å². The molecule has 4 rings (SSSR count). The van der Waals surface area contributed by atoms with Gasteiger partial charge < -0.3 is 14.6 Å². The molecule has 0 saturated carbocycles. The number of anilines is 1. The molecule has 3 heterocycles. The van der Waals surface area contributed by atoms with Crippen molar-refractivity contribution in [3.8, 4) is 10.7 Å². The lowest BCUT2D eigenvalue weighted by molar-refractivity contribution is -0.142. The van der Waals surface area contributed by atoms with Gasteiger partial charge in [0, 0.05) is 17.7 Å². The molecule has 1 aliphatic heterocycles. The molecular formula is C20H17N3O5S. The number of ether oxygens (including phenoxy) is 1. The summed E-state index contributed by atoms with van der Waals surface area (Å²) < 4.78 is 10.2. The maximum atomic E-state index is 12.3. The zero-order chi connectivity index (χ0) is 20.4. The van der Waals surface area contributed by atoms with E-state index in [2.05, 4.69) is 15.5 Å². The number of esters is 1. The van der Waals surface area contributed by atoms with E-state index in [4.69, 9.17) is 9.26 Å². The number of nitrogens with one attached hydrogen (secondary N) is 1. The predicted molar refractivity (Wildman–Crippen MR) is 105 cm³/mol. The Labute approximate surface area is 169 Å². The minimum Gasteiger partial charge on any atom is -0.457 e. The zero-order valence-electron chi connectivity index (χ0n) is 15.5. The molecule has 8 nitrogen and oxygen atoms in total. The van der Waals surface area contributed by atoms with E-state index in [1.54, 1.807) is 25.1 Å². The monoisotopic (exact) mass is 411 g/mol. The first-order valence-electron chi connectivity index (χ1n) is 9.01. The standard InChI is InChI=1S/C20H17N3O5S/c1-11-13-9-12(4-5-14(13)21-20(11)26)15(24)10-27-18(25)7-6-17-22-19(23-28-17)16-3-2-8-29-16/h2-5,8-9,11H,6-7,10H2,1H3,(H,21,26)/t11-/m1/s1. The molecule has 1 aliphatic rings. The fourth-order valence-electron chi connectivity index (χ4n) is 2.96. The number of thiophene rings is 1. The third-order valence-corrected chi connectivity index (χ3v) is 5.47. The number of Topliss-reactive ketones (excluding diaryl/α,β-unsaturated/α-hetero) is 1. The molecule has 0 unspecified atom stereocenters. The normalized spacial score (nSPS) is 15.1. The van der Waals surface area contributed by atoms with Crippen molar-refractivity contribution in [2.45, 2.75) is 25.7 Å². The van der Waals surface area contributed by atoms with Gasteiger partial charge in [-0.25, -0.2) is 0 Å². The van der Waals surface area contributed by atoms with Gasteiger partial charge in [-0.3, -0.25) is 14.4 Å². The largest absolute Gasteiger partial charge is 0.457 e. The maximum Gasteiger partial charge on any atom is 0.306 e. The van der Waals surface area contributed by atoms with E-state index in [1.807, 2.05) is 17.5 Å². The minimum atomic E-state index is -0.527. The van der Waals surface area contributed by atoms with Crippen molar-refractivity contribution in [1.82, 2.24) is 10.1 Å². The number of aromatic nitrogens is 2. The van der Waals surface area contributed by atoms with Crippen LogP contribution in [0.2, 0.25) is 0 Å². The summed E-state index contributed by atoms with van der Waals surface area (Å²) in [5.74, 6) is -0.446. The number of benzene rings is 1. The Balaban J connectivity index is 1.28. The van der Waals surface area contributed by atoms with Gasteiger partial charge in [0.1, 0.15) is 0 Å². The van der Waals surface area contributed by atoms with E-state index >= 15 is 0 Å². The zero-order valence-corrected chi connectivity index (χ0v) is 16.3. The second-order valence-corrected chi connectivity index (χ2v) is 7.53. The molecule has 2 aromatic heterocycles. The number of aryl methyl sites for hydroxylation is 1. The Bertz CT molecular complexity index is 1070. The highest BCUT2D eigenvalue weighted by molar-refractivity contribution is 7.13. The highest BCUT2D eigenvalue weighted by Gasteiger charge is 2.27. The summed E-state index contributed by atoms with van der Waals surface area (Å²) in [6.07, 6.45) is 0.258. The molecule has 1 N–H and O–H groups in total. The van der Waals surface area contributed by atoms with E-state index in [-0.39, 0.29) is 37.1 Å². The van der Waals surface area contributed by atoms with Crippen LogP contribution >= 0.6 is 11.3 Å². The Kier molecular flexibility index (Phi) is 5.22. The lowest BCUT2D eigenvalue weighted by Gasteiger charge is -2.06. The first kappa shape index (κ1) is 19.0. The van der Waals surface area contributed by atoms with Crippen molar-refractivity contribution in [2.24, 2.45) is 0 Å². The van der Waals surface area contributed by atoms with Crippen LogP contribution in [0.1, 0.15) is 41.1 Å². The van der Waals surface area contributed by atoms with Crippen molar-refractivity contribution >= 4 is 34.7 Å². The van der Waals surface area contributed by atoms with Gasteiger partial charge in [0.25, 0.3) is 0 Å². The van der Waals surface area contributed by atoms with Gasteiger partial charge >= 0.3 is 5.97 Å². The van der Waals surface area contributed by atoms with Gasteiger partial charge in [0.15, 0.2) is 12.4 Å². The van der Waals surface area contributed by atoms with Crippen molar-refractivity contribution in [3.63, 3.8) is 0 Å². The highest BCUT2D eigenvalue weighted by atomic mass is 32.1. The third kappa shape index (κ3) is 4.09. The Morgan fingerprint density at radius 3 is 2.97 bits per heavy atom. The topological polar surface area (TPSA) is 111 Å². The van der Waals surface area contributed by atoms with Crippen molar-refractivity contribution < 1.29 is 23.6 Å². The summed E-state index contributed by atoms with van der Waals surface area (Å²) in [6, 6.07) is 8.73. The Morgan fingerprint density at radius 2 is 2.17 bits per heavy atom. The summed E-state index contributed by atoms with van der Waals surface area (Å²) in [5, 5.41) is 8.54. The Hall–Kier alpha value is -3.33. The van der Waals surface area contributed by atoms with E-state index in [1.165, 1.54) is 11.3 Å². The maximum absolute atomic E-state index is 12.3. The van der Waals surface area contributed by atoms with Crippen LogP contribution in [0.4, 0.5) is 5.69 Å². The average Bonchev–Trinajstić information content (AvgIpc) is 3.46. The number of rotatable bonds is 7. The fraction of sp³-hybridized carbons (Fsp3) is 0.250. The molecule has 29 heavy (non-hydrogen) atoms. The molecule has 0 bridgehead atoms. The summed E-state index contributed by atoms with van der Waals surface area (Å²) in [6.45, 7) is 1.41. The Morgan fingerprint density at radius 1 is 1.31 bits per heavy atom. The summed E-state index contributed by atoms with van der Waals surface area (Å²) >= 11 is 1.49. The molecule has 0 fully saturated rings. The van der Waals surface area contributed by atoms with Gasteiger partial charge in [-0.05, 0) is 42.1 Å². The van der Waals surface area contributed by atoms with Crippen molar-refractivity contribution in [2.75, 3.05) is 11.9 Å². The second kappa shape index (κ2) is 7.96. The first-order chi connectivity index (χ1) is 14.0. The molecular weight excluding hydrogens is 394 g/mol. The smallest absolute Gasteiger partial charge is 0.306 e. The van der Waals surface area contributed by atoms with Gasteiger partial charge in [-0.1, -0.05) is 11.2 Å². The van der Waals surface area contributed by atoms with Crippen LogP contribution in [-0.4, -0.2) is 34.4 Å². The quantitative estimate of drug-likeness (QED) is 0.469. The first-order valence-corrected chi connectivity index (χ1v) is 9.89. The second-order valence-electron chi connectivity index (χ2n) is 6.59. The van der Waals surface area contributed by atoms with Crippen LogP contribution in [-0.2, 0) is 20.7 Å². The molecule has 9 heteroatoms. The molecule has 0 spiro atoms. The summed E-state index contributed by atoms with van der Waals surface area (Å²) in [4.78, 5) is 41.1. The SMILES string of the molecule is C[C@H]1C(=O)Nc2ccc(C(=O)COC(=O)CCc3nc(-c4cccs4)no3)cc21. The number of hydrogen-bond donors (Lipinski definition) is 1. The highest BCUT2D eigenvalue weighted by Crippen LogP contribution is 2.32. The number of amides is 1. The van der Waals surface area contributed by atoms with Crippen LogP contribution < -0.4 is 5.32 Å². The molecule has 0 saturated heterocycles. The number of hydrogen-bond acceptors (Lipinski definition) is 8. The number of carbonyl (C=O) groups excluding carboxylic acids is 3. The fourth-order valence-corrected chi connectivity index (χ4v) is 3.61. The van der Waals surface area contributed by atoms with E-state index < -0.39 is 5.97 Å². The van der Waals surface area contributed by atoms with E-state index in [0.29, 0.717) is 23.0 Å². The predicted octanol–water partition coefficient (Wildman–Crippen LogP) is 3.21. The lowest BCUT2D eigenvalue weighted by atomic mass is 9.99. The summed E-state index contributed by atoms with van der Waals surface area (Å²) in [5.41, 5.74) is 1.88. The molecule has 3 aromatic rings. The molecule has 1 atom stereocenters. The third-order valence-electron chi connectivity index (χ3n) is 4.61. The number of ketones is 1. The minimum absolute atomic E-state index is 0.0268. The number of nitrogens with zero attached hydrogens (tertiary/aromatic N) is 2. The molecule has 0 radical (unpaired) electrons. The van der Waals surface area contributed by atoms with E-state index in [9.17, 15) is 14.4 Å². The van der Waals surface area contributed by atoms with Crippen LogP contribution in [0.5, 0.6) is 0 Å².